The van der Waals surface area contributed by atoms with Gasteiger partial charge in [0.1, 0.15) is 5.82 Å². The Morgan fingerprint density at radius 3 is 2.48 bits per heavy atom. The Morgan fingerprint density at radius 2 is 1.84 bits per heavy atom. The molecule has 7 nitrogen and oxygen atoms in total. The summed E-state index contributed by atoms with van der Waals surface area (Å²) in [6.45, 7) is 4.11. The highest BCUT2D eigenvalue weighted by atomic mass is 32.1. The molecular weight excluding hydrogens is 412 g/mol. The summed E-state index contributed by atoms with van der Waals surface area (Å²) < 4.78 is 11.0. The van der Waals surface area contributed by atoms with Gasteiger partial charge in [0.25, 0.3) is 5.91 Å². The minimum Gasteiger partial charge on any atom is -0.454 e. The van der Waals surface area contributed by atoms with Gasteiger partial charge in [0, 0.05) is 50.7 Å². The number of aryl methyl sites for hydroxylation is 1. The van der Waals surface area contributed by atoms with E-state index in [0.717, 1.165) is 45.0 Å². The predicted molar refractivity (Wildman–Crippen MR) is 125 cm³/mol. The quantitative estimate of drug-likeness (QED) is 0.560. The van der Waals surface area contributed by atoms with Crippen LogP contribution in [0.5, 0.6) is 11.5 Å². The Hall–Kier alpha value is -2.84. The number of aromatic nitrogens is 1. The molecule has 2 aromatic heterocycles. The lowest BCUT2D eigenvalue weighted by Crippen LogP contribution is -2.36. The van der Waals surface area contributed by atoms with Crippen LogP contribution in [0, 0.1) is 6.92 Å². The van der Waals surface area contributed by atoms with E-state index >= 15 is 0 Å². The molecule has 1 aliphatic rings. The maximum Gasteiger partial charge on any atom is 0.264 e. The summed E-state index contributed by atoms with van der Waals surface area (Å²) in [4.78, 5) is 25.1. The molecule has 0 radical (unpaired) electrons. The van der Waals surface area contributed by atoms with Crippen molar-refractivity contribution < 1.29 is 14.3 Å². The molecule has 0 N–H and O–H groups in total. The summed E-state index contributed by atoms with van der Waals surface area (Å²) >= 11 is 1.50. The average Bonchev–Trinajstić information content (AvgIpc) is 3.36. The molecule has 8 heteroatoms. The van der Waals surface area contributed by atoms with Crippen molar-refractivity contribution >= 4 is 34.0 Å². The lowest BCUT2D eigenvalue weighted by molar-refractivity contribution is 0.0736. The van der Waals surface area contributed by atoms with Gasteiger partial charge in [-0.15, -0.1) is 11.3 Å². The van der Waals surface area contributed by atoms with Gasteiger partial charge in [-0.2, -0.15) is 0 Å². The molecule has 0 atom stereocenters. The van der Waals surface area contributed by atoms with Gasteiger partial charge in [0.15, 0.2) is 11.5 Å². The van der Waals surface area contributed by atoms with Crippen LogP contribution in [0.25, 0.3) is 10.9 Å². The number of nitrogens with zero attached hydrogens (tertiary/aromatic N) is 4. The van der Waals surface area contributed by atoms with E-state index in [0.29, 0.717) is 18.8 Å². The van der Waals surface area contributed by atoms with E-state index in [1.54, 1.807) is 0 Å². The van der Waals surface area contributed by atoms with E-state index < -0.39 is 0 Å². The second-order valence-corrected chi connectivity index (χ2v) is 9.14. The van der Waals surface area contributed by atoms with Crippen LogP contribution in [-0.2, 0) is 6.54 Å². The van der Waals surface area contributed by atoms with Crippen LogP contribution >= 0.6 is 11.3 Å². The Morgan fingerprint density at radius 1 is 1.10 bits per heavy atom. The minimum atomic E-state index is 0.0600. The highest BCUT2D eigenvalue weighted by Gasteiger charge is 2.23. The third-order valence-corrected chi connectivity index (χ3v) is 6.32. The van der Waals surface area contributed by atoms with Crippen molar-refractivity contribution in [2.75, 3.05) is 53.0 Å². The first-order chi connectivity index (χ1) is 14.8. The van der Waals surface area contributed by atoms with Crippen LogP contribution in [0.2, 0.25) is 0 Å². The number of benzene rings is 1. The number of fused-ring (bicyclic) bond motifs is 2. The van der Waals surface area contributed by atoms with Crippen molar-refractivity contribution in [3.8, 4) is 11.5 Å². The van der Waals surface area contributed by atoms with Crippen LogP contribution in [-0.4, -0.2) is 68.8 Å². The number of likely N-dealkylation sites (N-methyl/N-ethyl adjacent to an activating group) is 1. The van der Waals surface area contributed by atoms with Gasteiger partial charge in [-0.3, -0.25) is 4.79 Å². The molecule has 0 aliphatic carbocycles. The third-order valence-electron chi connectivity index (χ3n) is 5.31. The molecule has 0 bridgehead atoms. The highest BCUT2D eigenvalue weighted by molar-refractivity contribution is 7.12. The first-order valence-electron chi connectivity index (χ1n) is 10.2. The molecule has 0 unspecified atom stereocenters. The number of amides is 1. The molecule has 0 fully saturated rings. The molecule has 164 valence electrons. The van der Waals surface area contributed by atoms with E-state index in [2.05, 4.69) is 11.0 Å². The number of rotatable bonds is 7. The largest absolute Gasteiger partial charge is 0.454 e. The first kappa shape index (κ1) is 21.4. The fourth-order valence-corrected chi connectivity index (χ4v) is 4.51. The van der Waals surface area contributed by atoms with Crippen molar-refractivity contribution in [1.29, 1.82) is 0 Å². The maximum absolute atomic E-state index is 13.4. The number of pyridine rings is 1. The summed E-state index contributed by atoms with van der Waals surface area (Å²) in [6, 6.07) is 7.98. The zero-order chi connectivity index (χ0) is 22.1. The van der Waals surface area contributed by atoms with Crippen molar-refractivity contribution in [3.63, 3.8) is 0 Å². The minimum absolute atomic E-state index is 0.0600. The highest BCUT2D eigenvalue weighted by Crippen LogP contribution is 2.37. The molecule has 31 heavy (non-hydrogen) atoms. The summed E-state index contributed by atoms with van der Waals surface area (Å²) in [5.41, 5.74) is 2.86. The third kappa shape index (κ3) is 4.45. The fraction of sp³-hybridized carbons (Fsp3) is 0.391. The molecule has 4 rings (SSSR count). The molecule has 3 aromatic rings. The lowest BCUT2D eigenvalue weighted by Gasteiger charge is -2.26. The van der Waals surface area contributed by atoms with Crippen LogP contribution < -0.4 is 14.4 Å². The van der Waals surface area contributed by atoms with Crippen LogP contribution in [0.3, 0.4) is 0 Å². The standard InChI is InChI=1S/C23H28N4O3S/c1-15-6-9-31-21(15)23(28)27(8-7-25(2)3)13-17-10-16-11-19-20(30-14-29-19)12-18(16)24-22(17)26(4)5/h6,9-12H,7-8,13-14H2,1-5H3. The maximum atomic E-state index is 13.4. The van der Waals surface area contributed by atoms with Crippen LogP contribution in [0.15, 0.2) is 29.6 Å². The van der Waals surface area contributed by atoms with E-state index in [4.69, 9.17) is 14.5 Å². The molecule has 3 heterocycles. The van der Waals surface area contributed by atoms with Gasteiger partial charge in [0.05, 0.1) is 10.4 Å². The van der Waals surface area contributed by atoms with Crippen molar-refractivity contribution in [2.45, 2.75) is 13.5 Å². The van der Waals surface area contributed by atoms with Crippen LogP contribution in [0.1, 0.15) is 20.8 Å². The van der Waals surface area contributed by atoms with E-state index in [1.807, 2.05) is 68.5 Å². The van der Waals surface area contributed by atoms with Crippen LogP contribution in [0.4, 0.5) is 5.82 Å². The van der Waals surface area contributed by atoms with Gasteiger partial charge in [-0.05, 0) is 50.2 Å². The Bertz CT molecular complexity index is 1110. The lowest BCUT2D eigenvalue weighted by atomic mass is 10.1. The predicted octanol–water partition coefficient (Wildman–Crippen LogP) is 3.60. The number of carbonyl (C=O) groups is 1. The smallest absolute Gasteiger partial charge is 0.264 e. The van der Waals surface area contributed by atoms with Crippen molar-refractivity contribution in [2.24, 2.45) is 0 Å². The Balaban J connectivity index is 1.73. The van der Waals surface area contributed by atoms with E-state index in [1.165, 1.54) is 11.3 Å². The SMILES string of the molecule is Cc1ccsc1C(=O)N(CCN(C)C)Cc1cc2cc3c(cc2nc1N(C)C)OCO3. The number of thiophene rings is 1. The monoisotopic (exact) mass is 440 g/mol. The number of ether oxygens (including phenoxy) is 2. The molecule has 1 aromatic carbocycles. The van der Waals surface area contributed by atoms with E-state index in [9.17, 15) is 4.79 Å². The zero-order valence-corrected chi connectivity index (χ0v) is 19.5. The van der Waals surface area contributed by atoms with Gasteiger partial charge in [-0.1, -0.05) is 0 Å². The summed E-state index contributed by atoms with van der Waals surface area (Å²) in [5.74, 6) is 2.35. The molecule has 0 saturated carbocycles. The Labute approximate surface area is 186 Å². The van der Waals surface area contributed by atoms with Gasteiger partial charge < -0.3 is 24.2 Å². The Kier molecular flexibility index (Phi) is 6.02. The molecular formula is C23H28N4O3S. The van der Waals surface area contributed by atoms with Crippen molar-refractivity contribution in [1.82, 2.24) is 14.8 Å². The molecule has 0 saturated heterocycles. The summed E-state index contributed by atoms with van der Waals surface area (Å²) in [7, 11) is 7.98. The second-order valence-electron chi connectivity index (χ2n) is 8.23. The number of hydrogen-bond acceptors (Lipinski definition) is 7. The van der Waals surface area contributed by atoms with E-state index in [-0.39, 0.29) is 12.7 Å². The topological polar surface area (TPSA) is 58.1 Å². The normalized spacial score (nSPS) is 12.6. The number of hydrogen-bond donors (Lipinski definition) is 0. The van der Waals surface area contributed by atoms with Gasteiger partial charge in [-0.25, -0.2) is 4.98 Å². The van der Waals surface area contributed by atoms with Gasteiger partial charge in [0.2, 0.25) is 6.79 Å². The molecule has 0 spiro atoms. The van der Waals surface area contributed by atoms with Gasteiger partial charge >= 0.3 is 0 Å². The summed E-state index contributed by atoms with van der Waals surface area (Å²) in [6.07, 6.45) is 0. The summed E-state index contributed by atoms with van der Waals surface area (Å²) in [5, 5.41) is 2.94. The van der Waals surface area contributed by atoms with Crippen molar-refractivity contribution in [3.05, 3.63) is 45.6 Å². The molecule has 1 aliphatic heterocycles. The number of anilines is 1. The first-order valence-corrected chi connectivity index (χ1v) is 11.1. The molecule has 1 amide bonds. The zero-order valence-electron chi connectivity index (χ0n) is 18.6. The average molecular weight is 441 g/mol. The second kappa shape index (κ2) is 8.72. The number of carbonyl (C=O) groups excluding carboxylic acids is 1. The fourth-order valence-electron chi connectivity index (χ4n) is 3.62.